The second-order valence-corrected chi connectivity index (χ2v) is 3.34. The summed E-state index contributed by atoms with van der Waals surface area (Å²) in [5.41, 5.74) is 7.95. The minimum Gasteiger partial charge on any atom is -0.391 e. The molecule has 0 rings (SSSR count). The Bertz CT molecular complexity index is 277. The quantitative estimate of drug-likeness (QED) is 0.245. The summed E-state index contributed by atoms with van der Waals surface area (Å²) in [4.78, 5) is 13.6. The normalized spacial score (nSPS) is 18.1. The minimum absolute atomic E-state index is 0.135. The molecule has 0 heterocycles. The zero-order chi connectivity index (χ0) is 12.7. The Balaban J connectivity index is 4.25. The van der Waals surface area contributed by atoms with Gasteiger partial charge in [-0.3, -0.25) is 4.79 Å². The van der Waals surface area contributed by atoms with Crippen LogP contribution in [0.15, 0.2) is 5.11 Å². The third-order valence-corrected chi connectivity index (χ3v) is 2.02. The molecular weight excluding hydrogens is 218 g/mol. The van der Waals surface area contributed by atoms with Gasteiger partial charge in [-0.25, -0.2) is 0 Å². The van der Waals surface area contributed by atoms with Crippen molar-refractivity contribution in [2.24, 2.45) is 5.11 Å². The van der Waals surface area contributed by atoms with E-state index in [0.29, 0.717) is 0 Å². The molecule has 4 N–H and O–H groups in total. The first-order valence-electron chi connectivity index (χ1n) is 4.67. The summed E-state index contributed by atoms with van der Waals surface area (Å²) in [7, 11) is 0. The Morgan fingerprint density at radius 1 is 1.31 bits per heavy atom. The molecular formula is C8H15N3O5. The molecule has 92 valence electrons. The van der Waals surface area contributed by atoms with Crippen LogP contribution in [0.3, 0.4) is 0 Å². The molecule has 0 amide bonds. The molecule has 0 bridgehead atoms. The number of aliphatic hydroxyl groups is 4. The molecule has 0 fully saturated rings. The molecule has 0 radical (unpaired) electrons. The lowest BCUT2D eigenvalue weighted by Gasteiger charge is -2.23. The highest BCUT2D eigenvalue weighted by molar-refractivity contribution is 5.83. The van der Waals surface area contributed by atoms with E-state index in [1.807, 2.05) is 0 Å². The van der Waals surface area contributed by atoms with E-state index in [4.69, 9.17) is 10.6 Å². The van der Waals surface area contributed by atoms with Crippen LogP contribution in [0.5, 0.6) is 0 Å². The number of azide groups is 1. The fraction of sp³-hybridized carbons (Fsp3) is 0.875. The van der Waals surface area contributed by atoms with E-state index in [0.717, 1.165) is 0 Å². The summed E-state index contributed by atoms with van der Waals surface area (Å²) < 4.78 is 0. The maximum absolute atomic E-state index is 11.2. The highest BCUT2D eigenvalue weighted by Crippen LogP contribution is 2.07. The molecule has 8 nitrogen and oxygen atoms in total. The zero-order valence-corrected chi connectivity index (χ0v) is 8.76. The number of hydrogen-bond donors (Lipinski definition) is 4. The van der Waals surface area contributed by atoms with Crippen molar-refractivity contribution >= 4 is 5.78 Å². The number of nitrogens with zero attached hydrogens (tertiary/aromatic N) is 3. The molecule has 8 heteroatoms. The number of carbonyl (C=O) groups excluding carboxylic acids is 1. The van der Waals surface area contributed by atoms with Crippen LogP contribution in [-0.2, 0) is 4.79 Å². The van der Waals surface area contributed by atoms with Gasteiger partial charge in [0.2, 0.25) is 0 Å². The number of aliphatic hydroxyl groups excluding tert-OH is 4. The Morgan fingerprint density at radius 2 is 1.88 bits per heavy atom. The van der Waals surface area contributed by atoms with Crippen molar-refractivity contribution in [3.05, 3.63) is 10.4 Å². The average molecular weight is 233 g/mol. The number of ketones is 1. The second kappa shape index (κ2) is 7.15. The molecule has 0 aliphatic heterocycles. The average Bonchev–Trinajstić information content (AvgIpc) is 2.26. The van der Waals surface area contributed by atoms with E-state index in [1.54, 1.807) is 0 Å². The van der Waals surface area contributed by atoms with Crippen LogP contribution in [0.4, 0.5) is 0 Å². The standard InChI is InChI=1S/C8H15N3O5/c1-4(12)6(14)8(16)7(15)5(13)2-3-10-11-9/h4,6-8,12,14-16H,2-3H2,1H3. The summed E-state index contributed by atoms with van der Waals surface area (Å²) in [5.74, 6) is -0.764. The molecule has 0 spiro atoms. The van der Waals surface area contributed by atoms with E-state index < -0.39 is 30.2 Å². The SMILES string of the molecule is CC(O)C(O)C(O)C(O)C(=O)CCN=[N+]=[N-]. The lowest BCUT2D eigenvalue weighted by Crippen LogP contribution is -2.46. The summed E-state index contributed by atoms with van der Waals surface area (Å²) >= 11 is 0. The Morgan fingerprint density at radius 3 is 2.31 bits per heavy atom. The molecule has 4 atom stereocenters. The van der Waals surface area contributed by atoms with Gasteiger partial charge in [0.1, 0.15) is 18.3 Å². The Hall–Kier alpha value is -1.18. The maximum atomic E-state index is 11.2. The van der Waals surface area contributed by atoms with Crippen molar-refractivity contribution in [2.75, 3.05) is 6.54 Å². The highest BCUT2D eigenvalue weighted by atomic mass is 16.4. The van der Waals surface area contributed by atoms with Crippen molar-refractivity contribution in [3.63, 3.8) is 0 Å². The van der Waals surface area contributed by atoms with Crippen molar-refractivity contribution < 1.29 is 25.2 Å². The van der Waals surface area contributed by atoms with Crippen molar-refractivity contribution in [1.29, 1.82) is 0 Å². The predicted octanol–water partition coefficient (Wildman–Crippen LogP) is -1.28. The molecule has 0 aliphatic carbocycles. The van der Waals surface area contributed by atoms with Crippen molar-refractivity contribution in [1.82, 2.24) is 0 Å². The summed E-state index contributed by atoms with van der Waals surface area (Å²) in [6.07, 6.45) is -6.69. The summed E-state index contributed by atoms with van der Waals surface area (Å²) in [6.45, 7) is 1.08. The topological polar surface area (TPSA) is 147 Å². The van der Waals surface area contributed by atoms with Gasteiger partial charge >= 0.3 is 0 Å². The van der Waals surface area contributed by atoms with Gasteiger partial charge in [0, 0.05) is 17.9 Å². The first-order chi connectivity index (χ1) is 7.41. The molecule has 0 aromatic rings. The Labute approximate surface area is 91.8 Å². The largest absolute Gasteiger partial charge is 0.391 e. The fourth-order valence-corrected chi connectivity index (χ4v) is 1.02. The first kappa shape index (κ1) is 14.8. The van der Waals surface area contributed by atoms with E-state index in [-0.39, 0.29) is 13.0 Å². The second-order valence-electron chi connectivity index (χ2n) is 3.34. The smallest absolute Gasteiger partial charge is 0.164 e. The van der Waals surface area contributed by atoms with E-state index in [2.05, 4.69) is 10.0 Å². The van der Waals surface area contributed by atoms with Crippen molar-refractivity contribution in [3.8, 4) is 0 Å². The Kier molecular flexibility index (Phi) is 6.63. The van der Waals surface area contributed by atoms with Gasteiger partial charge in [0.15, 0.2) is 5.78 Å². The summed E-state index contributed by atoms with van der Waals surface area (Å²) in [5, 5.41) is 39.8. The zero-order valence-electron chi connectivity index (χ0n) is 8.76. The number of Topliss-reactive ketones (excluding diaryl/α,β-unsaturated/α-hetero) is 1. The molecule has 0 aromatic heterocycles. The molecule has 16 heavy (non-hydrogen) atoms. The third kappa shape index (κ3) is 4.56. The van der Waals surface area contributed by atoms with Gasteiger partial charge in [-0.1, -0.05) is 5.11 Å². The highest BCUT2D eigenvalue weighted by Gasteiger charge is 2.31. The first-order valence-corrected chi connectivity index (χ1v) is 4.67. The predicted molar refractivity (Wildman–Crippen MR) is 53.3 cm³/mol. The van der Waals surface area contributed by atoms with Crippen LogP contribution < -0.4 is 0 Å². The van der Waals surface area contributed by atoms with Crippen molar-refractivity contribution in [2.45, 2.75) is 37.8 Å². The minimum atomic E-state index is -1.81. The van der Waals surface area contributed by atoms with Crippen LogP contribution >= 0.6 is 0 Å². The molecule has 0 aliphatic rings. The maximum Gasteiger partial charge on any atom is 0.164 e. The van der Waals surface area contributed by atoms with Crippen LogP contribution in [0.1, 0.15) is 13.3 Å². The van der Waals surface area contributed by atoms with Gasteiger partial charge in [-0.15, -0.1) is 0 Å². The molecule has 0 saturated carbocycles. The van der Waals surface area contributed by atoms with E-state index in [1.165, 1.54) is 6.92 Å². The fourth-order valence-electron chi connectivity index (χ4n) is 1.02. The van der Waals surface area contributed by atoms with Crippen LogP contribution in [0, 0.1) is 0 Å². The van der Waals surface area contributed by atoms with Crippen LogP contribution in [0.2, 0.25) is 0 Å². The molecule has 0 aromatic carbocycles. The van der Waals surface area contributed by atoms with Crippen LogP contribution in [-0.4, -0.2) is 57.2 Å². The van der Waals surface area contributed by atoms with Gasteiger partial charge in [-0.2, -0.15) is 0 Å². The number of carbonyl (C=O) groups is 1. The van der Waals surface area contributed by atoms with Crippen LogP contribution in [0.25, 0.3) is 10.4 Å². The van der Waals surface area contributed by atoms with Gasteiger partial charge in [0.25, 0.3) is 0 Å². The van der Waals surface area contributed by atoms with Gasteiger partial charge in [-0.05, 0) is 12.5 Å². The lowest BCUT2D eigenvalue weighted by atomic mass is 9.99. The number of rotatable bonds is 7. The van der Waals surface area contributed by atoms with E-state index in [9.17, 15) is 20.1 Å². The lowest BCUT2D eigenvalue weighted by molar-refractivity contribution is -0.143. The van der Waals surface area contributed by atoms with Gasteiger partial charge < -0.3 is 20.4 Å². The molecule has 4 unspecified atom stereocenters. The van der Waals surface area contributed by atoms with E-state index >= 15 is 0 Å². The summed E-state index contributed by atoms with van der Waals surface area (Å²) in [6, 6.07) is 0. The third-order valence-electron chi connectivity index (χ3n) is 2.02. The molecule has 0 saturated heterocycles. The van der Waals surface area contributed by atoms with Gasteiger partial charge in [0.05, 0.1) is 6.10 Å². The monoisotopic (exact) mass is 233 g/mol. The number of hydrogen-bond acceptors (Lipinski definition) is 6.